The summed E-state index contributed by atoms with van der Waals surface area (Å²) in [6.07, 6.45) is 3.73. The van der Waals surface area contributed by atoms with Crippen molar-refractivity contribution in [1.82, 2.24) is 9.38 Å². The van der Waals surface area contributed by atoms with E-state index in [2.05, 4.69) is 36.2 Å². The molecule has 0 unspecified atom stereocenters. The smallest absolute Gasteiger partial charge is 0.179 e. The van der Waals surface area contributed by atoms with Crippen LogP contribution in [0.4, 0.5) is 0 Å². The molecule has 102 valence electrons. The van der Waals surface area contributed by atoms with E-state index in [0.717, 1.165) is 22.7 Å². The molecule has 0 fully saturated rings. The largest absolute Gasteiger partial charge is 0.485 e. The normalized spacial score (nSPS) is 10.9. The van der Waals surface area contributed by atoms with Gasteiger partial charge in [0.25, 0.3) is 0 Å². The van der Waals surface area contributed by atoms with Crippen molar-refractivity contribution in [3.05, 3.63) is 65.6 Å². The van der Waals surface area contributed by atoms with Crippen LogP contribution in [-0.2, 0) is 13.2 Å². The van der Waals surface area contributed by atoms with Gasteiger partial charge in [0.1, 0.15) is 6.61 Å². The van der Waals surface area contributed by atoms with Crippen LogP contribution in [0, 0.1) is 6.92 Å². The van der Waals surface area contributed by atoms with E-state index >= 15 is 0 Å². The second kappa shape index (κ2) is 5.35. The number of imidazole rings is 1. The minimum atomic E-state index is 0.461. The standard InChI is InChI=1S/C16H17N3O/c1-12-4-6-13(7-5-12)11-20-15-3-2-8-19-14(9-17)10-18-16(15)19/h2-8,10H,9,11,17H2,1H3. The first-order valence-electron chi connectivity index (χ1n) is 6.61. The predicted octanol–water partition coefficient (Wildman–Crippen LogP) is 2.68. The molecule has 0 spiro atoms. The lowest BCUT2D eigenvalue weighted by atomic mass is 10.2. The van der Waals surface area contributed by atoms with Gasteiger partial charge in [-0.05, 0) is 24.6 Å². The van der Waals surface area contributed by atoms with E-state index < -0.39 is 0 Å². The molecule has 1 aromatic carbocycles. The molecule has 0 aliphatic rings. The molecule has 3 aromatic rings. The van der Waals surface area contributed by atoms with Crippen LogP contribution in [0.3, 0.4) is 0 Å². The van der Waals surface area contributed by atoms with Gasteiger partial charge in [-0.1, -0.05) is 29.8 Å². The number of nitrogens with two attached hydrogens (primary N) is 1. The van der Waals surface area contributed by atoms with Crippen LogP contribution in [0.5, 0.6) is 5.75 Å². The number of ether oxygens (including phenoxy) is 1. The second-order valence-electron chi connectivity index (χ2n) is 4.79. The summed E-state index contributed by atoms with van der Waals surface area (Å²) in [7, 11) is 0. The fourth-order valence-corrected chi connectivity index (χ4v) is 2.14. The molecule has 0 saturated carbocycles. The Bertz CT molecular complexity index is 716. The average molecular weight is 267 g/mol. The molecule has 2 heterocycles. The molecule has 0 bridgehead atoms. The predicted molar refractivity (Wildman–Crippen MR) is 78.6 cm³/mol. The van der Waals surface area contributed by atoms with Crippen LogP contribution in [0.1, 0.15) is 16.8 Å². The molecule has 0 radical (unpaired) electrons. The van der Waals surface area contributed by atoms with Crippen molar-refractivity contribution < 1.29 is 4.74 Å². The van der Waals surface area contributed by atoms with Crippen molar-refractivity contribution in [3.63, 3.8) is 0 Å². The molecule has 20 heavy (non-hydrogen) atoms. The molecule has 2 N–H and O–H groups in total. The first-order chi connectivity index (χ1) is 9.78. The lowest BCUT2D eigenvalue weighted by Crippen LogP contribution is -2.02. The molecule has 0 aliphatic heterocycles. The van der Waals surface area contributed by atoms with Crippen LogP contribution >= 0.6 is 0 Å². The summed E-state index contributed by atoms with van der Waals surface area (Å²) in [4.78, 5) is 4.37. The van der Waals surface area contributed by atoms with E-state index in [-0.39, 0.29) is 0 Å². The first-order valence-corrected chi connectivity index (χ1v) is 6.61. The Kier molecular flexibility index (Phi) is 3.39. The van der Waals surface area contributed by atoms with Crippen molar-refractivity contribution in [3.8, 4) is 5.75 Å². The topological polar surface area (TPSA) is 52.5 Å². The van der Waals surface area contributed by atoms with Gasteiger partial charge in [0.05, 0.1) is 11.9 Å². The van der Waals surface area contributed by atoms with E-state index in [1.807, 2.05) is 22.7 Å². The number of rotatable bonds is 4. The Morgan fingerprint density at radius 3 is 2.75 bits per heavy atom. The Morgan fingerprint density at radius 2 is 2.00 bits per heavy atom. The van der Waals surface area contributed by atoms with Crippen molar-refractivity contribution in [2.24, 2.45) is 5.73 Å². The van der Waals surface area contributed by atoms with Gasteiger partial charge in [0.15, 0.2) is 11.4 Å². The molecule has 0 amide bonds. The van der Waals surface area contributed by atoms with Gasteiger partial charge in [-0.2, -0.15) is 0 Å². The third-order valence-electron chi connectivity index (χ3n) is 3.30. The molecule has 2 aromatic heterocycles. The van der Waals surface area contributed by atoms with Gasteiger partial charge in [0, 0.05) is 12.7 Å². The Morgan fingerprint density at radius 1 is 1.20 bits per heavy atom. The van der Waals surface area contributed by atoms with Gasteiger partial charge < -0.3 is 10.5 Å². The summed E-state index contributed by atoms with van der Waals surface area (Å²) in [5.74, 6) is 0.771. The minimum Gasteiger partial charge on any atom is -0.485 e. The Labute approximate surface area is 117 Å². The van der Waals surface area contributed by atoms with Gasteiger partial charge >= 0.3 is 0 Å². The van der Waals surface area contributed by atoms with Crippen LogP contribution in [0.25, 0.3) is 5.65 Å². The molecule has 4 heteroatoms. The van der Waals surface area contributed by atoms with E-state index in [1.54, 1.807) is 6.20 Å². The fourth-order valence-electron chi connectivity index (χ4n) is 2.14. The zero-order valence-corrected chi connectivity index (χ0v) is 11.4. The van der Waals surface area contributed by atoms with Crippen LogP contribution in [0.2, 0.25) is 0 Å². The van der Waals surface area contributed by atoms with E-state index in [9.17, 15) is 0 Å². The van der Waals surface area contributed by atoms with Crippen molar-refractivity contribution >= 4 is 5.65 Å². The zero-order valence-electron chi connectivity index (χ0n) is 11.4. The van der Waals surface area contributed by atoms with Gasteiger partial charge in [-0.3, -0.25) is 4.40 Å². The number of aromatic nitrogens is 2. The van der Waals surface area contributed by atoms with Crippen molar-refractivity contribution in [1.29, 1.82) is 0 Å². The molecular weight excluding hydrogens is 250 g/mol. The number of nitrogens with zero attached hydrogens (tertiary/aromatic N) is 2. The van der Waals surface area contributed by atoms with Gasteiger partial charge in [-0.25, -0.2) is 4.98 Å². The molecule has 0 saturated heterocycles. The number of hydrogen-bond donors (Lipinski definition) is 1. The van der Waals surface area contributed by atoms with Crippen LogP contribution < -0.4 is 10.5 Å². The highest BCUT2D eigenvalue weighted by Gasteiger charge is 2.07. The van der Waals surface area contributed by atoms with Gasteiger partial charge in [-0.15, -0.1) is 0 Å². The van der Waals surface area contributed by atoms with Crippen molar-refractivity contribution in [2.75, 3.05) is 0 Å². The number of fused-ring (bicyclic) bond motifs is 1. The molecule has 3 rings (SSSR count). The number of hydrogen-bond acceptors (Lipinski definition) is 3. The highest BCUT2D eigenvalue weighted by atomic mass is 16.5. The quantitative estimate of drug-likeness (QED) is 0.790. The third kappa shape index (κ3) is 2.38. The lowest BCUT2D eigenvalue weighted by molar-refractivity contribution is 0.308. The zero-order chi connectivity index (χ0) is 13.9. The summed E-state index contributed by atoms with van der Waals surface area (Å²) in [6.45, 7) is 3.07. The monoisotopic (exact) mass is 267 g/mol. The number of pyridine rings is 1. The fraction of sp³-hybridized carbons (Fsp3) is 0.188. The Hall–Kier alpha value is -2.33. The summed E-state index contributed by atoms with van der Waals surface area (Å²) >= 11 is 0. The highest BCUT2D eigenvalue weighted by molar-refractivity contribution is 5.54. The molecule has 0 aliphatic carbocycles. The van der Waals surface area contributed by atoms with E-state index in [1.165, 1.54) is 5.56 Å². The highest BCUT2D eigenvalue weighted by Crippen LogP contribution is 2.20. The minimum absolute atomic E-state index is 0.461. The van der Waals surface area contributed by atoms with Crippen molar-refractivity contribution in [2.45, 2.75) is 20.1 Å². The molecular formula is C16H17N3O. The molecule has 0 atom stereocenters. The van der Waals surface area contributed by atoms with E-state index in [4.69, 9.17) is 10.5 Å². The van der Waals surface area contributed by atoms with Crippen LogP contribution in [0.15, 0.2) is 48.8 Å². The SMILES string of the molecule is Cc1ccc(COc2cccn3c(CN)cnc23)cc1. The molecule has 4 nitrogen and oxygen atoms in total. The summed E-state index contributed by atoms with van der Waals surface area (Å²) in [5, 5.41) is 0. The van der Waals surface area contributed by atoms with Crippen LogP contribution in [-0.4, -0.2) is 9.38 Å². The second-order valence-corrected chi connectivity index (χ2v) is 4.79. The summed E-state index contributed by atoms with van der Waals surface area (Å²) in [5.41, 5.74) is 9.86. The maximum Gasteiger partial charge on any atom is 0.179 e. The maximum absolute atomic E-state index is 5.88. The van der Waals surface area contributed by atoms with E-state index in [0.29, 0.717) is 13.2 Å². The van der Waals surface area contributed by atoms with Gasteiger partial charge in [0.2, 0.25) is 0 Å². The number of benzene rings is 1. The lowest BCUT2D eigenvalue weighted by Gasteiger charge is -2.08. The third-order valence-corrected chi connectivity index (χ3v) is 3.30. The average Bonchev–Trinajstić information content (AvgIpc) is 2.90. The summed E-state index contributed by atoms with van der Waals surface area (Å²) < 4.78 is 7.84. The number of aryl methyl sites for hydroxylation is 1. The maximum atomic E-state index is 5.88. The first kappa shape index (κ1) is 12.7. The summed E-state index contributed by atoms with van der Waals surface area (Å²) in [6, 6.07) is 12.2. The Balaban J connectivity index is 1.84.